The summed E-state index contributed by atoms with van der Waals surface area (Å²) in [7, 11) is 4.02. The van der Waals surface area contributed by atoms with Crippen molar-refractivity contribution in [1.29, 1.82) is 0 Å². The van der Waals surface area contributed by atoms with Crippen LogP contribution in [-0.4, -0.2) is 20.4 Å². The Balaban J connectivity index is 2.11. The normalized spacial score (nSPS) is 10.8. The first-order chi connectivity index (χ1) is 8.69. The van der Waals surface area contributed by atoms with Gasteiger partial charge in [0.05, 0.1) is 0 Å². The number of hydrogen-bond acceptors (Lipinski definition) is 3. The summed E-state index contributed by atoms with van der Waals surface area (Å²) in [4.78, 5) is 12.5. The van der Waals surface area contributed by atoms with Crippen LogP contribution in [0, 0.1) is 0 Å². The molecule has 0 unspecified atom stereocenters. The molecule has 1 aromatic carbocycles. The van der Waals surface area contributed by atoms with Crippen LogP contribution < -0.4 is 4.90 Å². The average molecular weight is 241 g/mol. The number of carbonyl (C=O) groups is 1. The molecule has 0 saturated carbocycles. The molecule has 0 radical (unpaired) electrons. The number of anilines is 1. The number of nitrogens with zero attached hydrogens (tertiary/aromatic N) is 1. The molecule has 3 heteroatoms. The van der Waals surface area contributed by atoms with Crippen molar-refractivity contribution in [3.63, 3.8) is 0 Å². The second-order valence-corrected chi connectivity index (χ2v) is 4.18. The van der Waals surface area contributed by atoms with E-state index in [0.29, 0.717) is 17.8 Å². The summed E-state index contributed by atoms with van der Waals surface area (Å²) in [5.74, 6) is 1.02. The second kappa shape index (κ2) is 5.36. The molecule has 0 aliphatic heterocycles. The van der Waals surface area contributed by atoms with Gasteiger partial charge < -0.3 is 9.32 Å². The van der Waals surface area contributed by atoms with Gasteiger partial charge in [0.15, 0.2) is 12.0 Å². The second-order valence-electron chi connectivity index (χ2n) is 4.18. The monoisotopic (exact) mass is 241 g/mol. The fourth-order valence-corrected chi connectivity index (χ4v) is 1.58. The molecule has 0 N–H and O–H groups in total. The van der Waals surface area contributed by atoms with Crippen molar-refractivity contribution in [3.8, 4) is 0 Å². The zero-order valence-electron chi connectivity index (χ0n) is 10.5. The summed E-state index contributed by atoms with van der Waals surface area (Å²) in [6, 6.07) is 11.6. The molecule has 1 aromatic heterocycles. The molecule has 18 heavy (non-hydrogen) atoms. The minimum absolute atomic E-state index is 0.345. The van der Waals surface area contributed by atoms with Gasteiger partial charge in [-0.05, 0) is 35.9 Å². The van der Waals surface area contributed by atoms with E-state index in [-0.39, 0.29) is 0 Å². The number of benzene rings is 1. The molecule has 0 saturated heterocycles. The van der Waals surface area contributed by atoms with Gasteiger partial charge in [-0.25, -0.2) is 0 Å². The maximum atomic E-state index is 10.5. The first-order valence-corrected chi connectivity index (χ1v) is 5.69. The SMILES string of the molecule is CN(C)c1ccc(/C=C/c2ccc(C=O)o2)cc1. The van der Waals surface area contributed by atoms with Crippen LogP contribution in [-0.2, 0) is 0 Å². The number of rotatable bonds is 4. The molecule has 0 fully saturated rings. The number of carbonyl (C=O) groups excluding carboxylic acids is 1. The summed E-state index contributed by atoms with van der Waals surface area (Å²) in [5, 5.41) is 0. The van der Waals surface area contributed by atoms with Crippen molar-refractivity contribution >= 4 is 24.1 Å². The quantitative estimate of drug-likeness (QED) is 0.770. The highest BCUT2D eigenvalue weighted by Gasteiger charge is 1.97. The predicted octanol–water partition coefficient (Wildman–Crippen LogP) is 3.33. The number of furan rings is 1. The minimum Gasteiger partial charge on any atom is -0.454 e. The lowest BCUT2D eigenvalue weighted by atomic mass is 10.2. The Morgan fingerprint density at radius 1 is 0.944 bits per heavy atom. The largest absolute Gasteiger partial charge is 0.454 e. The molecule has 1 heterocycles. The van der Waals surface area contributed by atoms with Crippen LogP contribution >= 0.6 is 0 Å². The van der Waals surface area contributed by atoms with E-state index in [1.807, 2.05) is 38.4 Å². The topological polar surface area (TPSA) is 33.5 Å². The molecule has 0 aliphatic carbocycles. The Hall–Kier alpha value is -2.29. The van der Waals surface area contributed by atoms with Crippen LogP contribution in [0.1, 0.15) is 21.9 Å². The van der Waals surface area contributed by atoms with E-state index >= 15 is 0 Å². The van der Waals surface area contributed by atoms with Crippen LogP contribution in [0.4, 0.5) is 5.69 Å². The molecule has 3 nitrogen and oxygen atoms in total. The Bertz CT molecular complexity index is 550. The molecule has 2 rings (SSSR count). The van der Waals surface area contributed by atoms with Gasteiger partial charge in [0.25, 0.3) is 0 Å². The maximum absolute atomic E-state index is 10.5. The van der Waals surface area contributed by atoms with Crippen LogP contribution in [0.3, 0.4) is 0 Å². The maximum Gasteiger partial charge on any atom is 0.185 e. The third-order valence-corrected chi connectivity index (χ3v) is 2.61. The highest BCUT2D eigenvalue weighted by Crippen LogP contribution is 2.15. The molecule has 2 aromatic rings. The smallest absolute Gasteiger partial charge is 0.185 e. The highest BCUT2D eigenvalue weighted by molar-refractivity contribution is 5.73. The molecule has 0 spiro atoms. The third kappa shape index (κ3) is 2.88. The lowest BCUT2D eigenvalue weighted by Crippen LogP contribution is -2.07. The highest BCUT2D eigenvalue weighted by atomic mass is 16.3. The third-order valence-electron chi connectivity index (χ3n) is 2.61. The summed E-state index contributed by atoms with van der Waals surface area (Å²) in [6.07, 6.45) is 4.49. The Morgan fingerprint density at radius 2 is 1.61 bits per heavy atom. The van der Waals surface area contributed by atoms with Crippen molar-refractivity contribution in [2.75, 3.05) is 19.0 Å². The van der Waals surface area contributed by atoms with Crippen molar-refractivity contribution in [3.05, 3.63) is 53.5 Å². The summed E-state index contributed by atoms with van der Waals surface area (Å²) < 4.78 is 5.25. The van der Waals surface area contributed by atoms with Gasteiger partial charge in [-0.3, -0.25) is 4.79 Å². The minimum atomic E-state index is 0.345. The summed E-state index contributed by atoms with van der Waals surface area (Å²) >= 11 is 0. The lowest BCUT2D eigenvalue weighted by molar-refractivity contribution is 0.110. The summed E-state index contributed by atoms with van der Waals surface area (Å²) in [5.41, 5.74) is 2.25. The van der Waals surface area contributed by atoms with Crippen LogP contribution in [0.5, 0.6) is 0 Å². The Kier molecular flexibility index (Phi) is 3.63. The molecule has 0 aliphatic rings. The zero-order chi connectivity index (χ0) is 13.0. The zero-order valence-corrected chi connectivity index (χ0v) is 10.5. The van der Waals surface area contributed by atoms with Gasteiger partial charge >= 0.3 is 0 Å². The molecular formula is C15H15NO2. The molecule has 0 amide bonds. The fraction of sp³-hybridized carbons (Fsp3) is 0.133. The fourth-order valence-electron chi connectivity index (χ4n) is 1.58. The molecular weight excluding hydrogens is 226 g/mol. The Morgan fingerprint density at radius 3 is 2.17 bits per heavy atom. The summed E-state index contributed by atoms with van der Waals surface area (Å²) in [6.45, 7) is 0. The number of hydrogen-bond donors (Lipinski definition) is 0. The van der Waals surface area contributed by atoms with Gasteiger partial charge in [-0.1, -0.05) is 18.2 Å². The predicted molar refractivity (Wildman–Crippen MR) is 73.8 cm³/mol. The van der Waals surface area contributed by atoms with Crippen LogP contribution in [0.2, 0.25) is 0 Å². The molecule has 92 valence electrons. The van der Waals surface area contributed by atoms with Crippen molar-refractivity contribution < 1.29 is 9.21 Å². The van der Waals surface area contributed by atoms with E-state index < -0.39 is 0 Å². The van der Waals surface area contributed by atoms with E-state index in [2.05, 4.69) is 17.0 Å². The standard InChI is InChI=1S/C15H15NO2/c1-16(2)13-6-3-12(4-7-13)5-8-14-9-10-15(11-17)18-14/h3-11H,1-2H3/b8-5+. The molecule has 0 atom stereocenters. The van der Waals surface area contributed by atoms with E-state index in [0.717, 1.165) is 11.3 Å². The van der Waals surface area contributed by atoms with Crippen molar-refractivity contribution in [1.82, 2.24) is 0 Å². The number of aldehydes is 1. The first-order valence-electron chi connectivity index (χ1n) is 5.69. The van der Waals surface area contributed by atoms with Crippen molar-refractivity contribution in [2.45, 2.75) is 0 Å². The van der Waals surface area contributed by atoms with Crippen LogP contribution in [0.25, 0.3) is 12.2 Å². The van der Waals surface area contributed by atoms with E-state index in [1.165, 1.54) is 0 Å². The Labute approximate surface area is 106 Å². The van der Waals surface area contributed by atoms with E-state index in [4.69, 9.17) is 4.42 Å². The van der Waals surface area contributed by atoms with Crippen LogP contribution in [0.15, 0.2) is 40.8 Å². The molecule has 0 bridgehead atoms. The van der Waals surface area contributed by atoms with Gasteiger partial charge in [-0.2, -0.15) is 0 Å². The average Bonchev–Trinajstić information content (AvgIpc) is 2.85. The van der Waals surface area contributed by atoms with E-state index in [1.54, 1.807) is 12.1 Å². The van der Waals surface area contributed by atoms with E-state index in [9.17, 15) is 4.79 Å². The van der Waals surface area contributed by atoms with Gasteiger partial charge in [-0.15, -0.1) is 0 Å². The lowest BCUT2D eigenvalue weighted by Gasteiger charge is -2.11. The van der Waals surface area contributed by atoms with Gasteiger partial charge in [0.2, 0.25) is 0 Å². The van der Waals surface area contributed by atoms with Gasteiger partial charge in [0.1, 0.15) is 5.76 Å². The van der Waals surface area contributed by atoms with Gasteiger partial charge in [0, 0.05) is 19.8 Å². The first kappa shape index (κ1) is 12.2. The van der Waals surface area contributed by atoms with Crippen molar-refractivity contribution in [2.24, 2.45) is 0 Å².